The van der Waals surface area contributed by atoms with Crippen molar-refractivity contribution in [2.45, 2.75) is 45.3 Å². The molecule has 0 aliphatic heterocycles. The van der Waals surface area contributed by atoms with Gasteiger partial charge in [0.05, 0.1) is 17.6 Å². The van der Waals surface area contributed by atoms with Crippen LogP contribution >= 0.6 is 0 Å². The van der Waals surface area contributed by atoms with E-state index in [1.807, 2.05) is 11.6 Å². The number of hydrogen-bond donors (Lipinski definition) is 1. The van der Waals surface area contributed by atoms with E-state index in [2.05, 4.69) is 29.2 Å². The fourth-order valence-electron chi connectivity index (χ4n) is 2.31. The van der Waals surface area contributed by atoms with Crippen molar-refractivity contribution in [2.75, 3.05) is 11.6 Å². The number of hydrogen-bond acceptors (Lipinski definition) is 5. The first-order chi connectivity index (χ1) is 10.3. The van der Waals surface area contributed by atoms with Crippen molar-refractivity contribution in [3.63, 3.8) is 0 Å². The molecule has 0 radical (unpaired) electrons. The summed E-state index contributed by atoms with van der Waals surface area (Å²) in [6.07, 6.45) is 3.74. The van der Waals surface area contributed by atoms with Gasteiger partial charge in [-0.2, -0.15) is 5.10 Å². The predicted molar refractivity (Wildman–Crippen MR) is 86.7 cm³/mol. The number of aryl methyl sites for hydroxylation is 2. The Kier molecular flexibility index (Phi) is 4.85. The molecular formula is C15H22N4O2S. The average Bonchev–Trinajstić information content (AvgIpc) is 2.71. The summed E-state index contributed by atoms with van der Waals surface area (Å²) in [7, 11) is -3.26. The molecule has 0 bridgehead atoms. The third-order valence-electron chi connectivity index (χ3n) is 3.55. The minimum absolute atomic E-state index is 0.0844. The minimum Gasteiger partial charge on any atom is -0.380 e. The molecule has 22 heavy (non-hydrogen) atoms. The van der Waals surface area contributed by atoms with E-state index in [-0.39, 0.29) is 5.03 Å². The van der Waals surface area contributed by atoms with Crippen LogP contribution in [0.4, 0.5) is 5.69 Å². The maximum Gasteiger partial charge on any atom is 0.192 e. The monoisotopic (exact) mass is 322 g/mol. The lowest BCUT2D eigenvalue weighted by atomic mass is 10.2. The maximum atomic E-state index is 11.4. The molecule has 1 N–H and O–H groups in total. The van der Waals surface area contributed by atoms with Crippen LogP contribution in [0, 0.1) is 13.8 Å². The van der Waals surface area contributed by atoms with Crippen molar-refractivity contribution in [1.29, 1.82) is 0 Å². The summed E-state index contributed by atoms with van der Waals surface area (Å²) in [6.45, 7) is 7.75. The summed E-state index contributed by atoms with van der Waals surface area (Å²) in [5.74, 6) is 0. The number of nitrogens with one attached hydrogen (secondary N) is 1. The lowest BCUT2D eigenvalue weighted by Crippen LogP contribution is -2.05. The van der Waals surface area contributed by atoms with Gasteiger partial charge >= 0.3 is 0 Å². The molecule has 2 heterocycles. The fourth-order valence-corrected chi connectivity index (χ4v) is 2.87. The van der Waals surface area contributed by atoms with Gasteiger partial charge in [0.25, 0.3) is 0 Å². The summed E-state index contributed by atoms with van der Waals surface area (Å²) in [5.41, 5.74) is 4.13. The van der Waals surface area contributed by atoms with Crippen LogP contribution in [0.3, 0.4) is 0 Å². The van der Waals surface area contributed by atoms with Gasteiger partial charge in [-0.25, -0.2) is 13.4 Å². The summed E-state index contributed by atoms with van der Waals surface area (Å²) in [6, 6.07) is 3.24. The molecule has 0 amide bonds. The van der Waals surface area contributed by atoms with Gasteiger partial charge in [0.1, 0.15) is 0 Å². The molecule has 7 heteroatoms. The van der Waals surface area contributed by atoms with E-state index in [0.29, 0.717) is 6.54 Å². The molecule has 2 aromatic rings. The van der Waals surface area contributed by atoms with Gasteiger partial charge in [0.2, 0.25) is 0 Å². The zero-order chi connectivity index (χ0) is 16.3. The highest BCUT2D eigenvalue weighted by Crippen LogP contribution is 2.16. The van der Waals surface area contributed by atoms with Crippen LogP contribution in [0.1, 0.15) is 30.3 Å². The van der Waals surface area contributed by atoms with E-state index in [1.165, 1.54) is 17.8 Å². The Morgan fingerprint density at radius 2 is 2.00 bits per heavy atom. The molecule has 0 saturated heterocycles. The third kappa shape index (κ3) is 3.65. The van der Waals surface area contributed by atoms with E-state index in [9.17, 15) is 8.42 Å². The van der Waals surface area contributed by atoms with Gasteiger partial charge in [-0.3, -0.25) is 4.68 Å². The zero-order valence-corrected chi connectivity index (χ0v) is 14.2. The molecule has 120 valence electrons. The molecule has 2 rings (SSSR count). The van der Waals surface area contributed by atoms with Gasteiger partial charge < -0.3 is 5.32 Å². The summed E-state index contributed by atoms with van der Waals surface area (Å²) in [4.78, 5) is 3.97. The Morgan fingerprint density at radius 3 is 2.55 bits per heavy atom. The van der Waals surface area contributed by atoms with Crippen LogP contribution in [-0.4, -0.2) is 29.4 Å². The molecule has 2 aromatic heterocycles. The molecule has 0 aliphatic rings. The molecule has 0 aliphatic carbocycles. The Hall–Kier alpha value is -1.89. The van der Waals surface area contributed by atoms with Crippen molar-refractivity contribution in [1.82, 2.24) is 14.8 Å². The number of nitrogens with zero attached hydrogens (tertiary/aromatic N) is 3. The molecule has 0 spiro atoms. The number of pyridine rings is 1. The van der Waals surface area contributed by atoms with Crippen molar-refractivity contribution >= 4 is 15.5 Å². The van der Waals surface area contributed by atoms with Crippen LogP contribution in [0.5, 0.6) is 0 Å². The predicted octanol–water partition coefficient (Wildman–Crippen LogP) is 2.32. The molecular weight excluding hydrogens is 300 g/mol. The molecule has 6 nitrogen and oxygen atoms in total. The Balaban J connectivity index is 2.10. The number of aromatic nitrogens is 3. The molecule has 0 fully saturated rings. The lowest BCUT2D eigenvalue weighted by molar-refractivity contribution is 0.582. The molecule has 0 unspecified atom stereocenters. The zero-order valence-electron chi connectivity index (χ0n) is 13.4. The van der Waals surface area contributed by atoms with Crippen LogP contribution in [0.15, 0.2) is 23.4 Å². The smallest absolute Gasteiger partial charge is 0.192 e. The van der Waals surface area contributed by atoms with Crippen molar-refractivity contribution in [3.05, 3.63) is 35.3 Å². The van der Waals surface area contributed by atoms with Gasteiger partial charge in [0, 0.05) is 30.6 Å². The highest BCUT2D eigenvalue weighted by molar-refractivity contribution is 7.90. The molecule has 0 saturated carbocycles. The number of rotatable bonds is 6. The van der Waals surface area contributed by atoms with E-state index in [4.69, 9.17) is 0 Å². The summed E-state index contributed by atoms with van der Waals surface area (Å²) in [5, 5.41) is 7.89. The van der Waals surface area contributed by atoms with E-state index in [0.717, 1.165) is 36.3 Å². The first kappa shape index (κ1) is 16.5. The highest BCUT2D eigenvalue weighted by atomic mass is 32.2. The van der Waals surface area contributed by atoms with Gasteiger partial charge in [-0.1, -0.05) is 6.92 Å². The van der Waals surface area contributed by atoms with Crippen molar-refractivity contribution in [3.8, 4) is 0 Å². The second-order valence-electron chi connectivity index (χ2n) is 5.38. The van der Waals surface area contributed by atoms with Crippen molar-refractivity contribution < 1.29 is 8.42 Å². The lowest BCUT2D eigenvalue weighted by Gasteiger charge is -2.08. The van der Waals surface area contributed by atoms with E-state index in [1.54, 1.807) is 6.07 Å². The van der Waals surface area contributed by atoms with Gasteiger partial charge in [-0.05, 0) is 32.4 Å². The van der Waals surface area contributed by atoms with Crippen LogP contribution in [0.2, 0.25) is 0 Å². The number of sulfone groups is 1. The topological polar surface area (TPSA) is 76.9 Å². The van der Waals surface area contributed by atoms with Crippen LogP contribution < -0.4 is 5.32 Å². The molecule has 0 aromatic carbocycles. The second-order valence-corrected chi connectivity index (χ2v) is 7.35. The second kappa shape index (κ2) is 6.48. The first-order valence-corrected chi connectivity index (χ1v) is 9.15. The molecule has 0 atom stereocenters. The van der Waals surface area contributed by atoms with E-state index < -0.39 is 9.84 Å². The first-order valence-electron chi connectivity index (χ1n) is 7.25. The maximum absolute atomic E-state index is 11.4. The number of anilines is 1. The summed E-state index contributed by atoms with van der Waals surface area (Å²) >= 11 is 0. The largest absolute Gasteiger partial charge is 0.380 e. The Labute approximate surface area is 131 Å². The van der Waals surface area contributed by atoms with E-state index >= 15 is 0 Å². The van der Waals surface area contributed by atoms with Gasteiger partial charge in [0.15, 0.2) is 14.9 Å². The quantitative estimate of drug-likeness (QED) is 0.883. The van der Waals surface area contributed by atoms with Gasteiger partial charge in [-0.15, -0.1) is 0 Å². The Morgan fingerprint density at radius 1 is 1.27 bits per heavy atom. The fraction of sp³-hybridized carbons (Fsp3) is 0.467. The normalized spacial score (nSPS) is 11.6. The highest BCUT2D eigenvalue weighted by Gasteiger charge is 2.11. The summed E-state index contributed by atoms with van der Waals surface area (Å²) < 4.78 is 24.8. The van der Waals surface area contributed by atoms with Crippen LogP contribution in [-0.2, 0) is 22.9 Å². The Bertz CT molecular complexity index is 749. The third-order valence-corrected chi connectivity index (χ3v) is 4.55. The standard InChI is InChI=1S/C15H22N4O2S/c1-5-8-19-12(3)14(11(2)18-19)10-16-13-6-7-15(17-9-13)22(4,20)21/h6-7,9,16H,5,8,10H2,1-4H3. The van der Waals surface area contributed by atoms with Crippen molar-refractivity contribution in [2.24, 2.45) is 0 Å². The SMILES string of the molecule is CCCn1nc(C)c(CNc2ccc(S(C)(=O)=O)nc2)c1C. The minimum atomic E-state index is -3.26. The average molecular weight is 322 g/mol. The van der Waals surface area contributed by atoms with Crippen LogP contribution in [0.25, 0.3) is 0 Å².